The van der Waals surface area contributed by atoms with Crippen LogP contribution in [0.1, 0.15) is 68.7 Å². The summed E-state index contributed by atoms with van der Waals surface area (Å²) < 4.78 is 11.2. The lowest BCUT2D eigenvalue weighted by Crippen LogP contribution is -2.42. The van der Waals surface area contributed by atoms with Gasteiger partial charge in [-0.25, -0.2) is 0 Å². The largest absolute Gasteiger partial charge is 0.468 e. The molecule has 162 valence electrons. The van der Waals surface area contributed by atoms with E-state index in [-0.39, 0.29) is 30.0 Å². The molecule has 0 aliphatic carbocycles. The van der Waals surface area contributed by atoms with Crippen molar-refractivity contribution in [2.24, 2.45) is 4.99 Å². The van der Waals surface area contributed by atoms with Gasteiger partial charge in [-0.15, -0.1) is 24.0 Å². The van der Waals surface area contributed by atoms with E-state index in [9.17, 15) is 0 Å². The molecule has 0 saturated carbocycles. The van der Waals surface area contributed by atoms with Crippen LogP contribution in [0.15, 0.2) is 38.4 Å². The maximum Gasteiger partial charge on any atom is 0.191 e. The summed E-state index contributed by atoms with van der Waals surface area (Å²) in [6.07, 6.45) is 6.38. The second-order valence-electron chi connectivity index (χ2n) is 7.31. The van der Waals surface area contributed by atoms with Crippen molar-refractivity contribution in [3.8, 4) is 0 Å². The molecule has 1 atom stereocenters. The van der Waals surface area contributed by atoms with Gasteiger partial charge < -0.3 is 19.6 Å². The fraction of sp³-hybridized carbons (Fsp3) is 0.619. The summed E-state index contributed by atoms with van der Waals surface area (Å²) in [7, 11) is 1.78. The van der Waals surface area contributed by atoms with Crippen molar-refractivity contribution in [1.29, 1.82) is 0 Å². The fourth-order valence-corrected chi connectivity index (χ4v) is 3.84. The Morgan fingerprint density at radius 2 is 2.00 bits per heavy atom. The summed E-state index contributed by atoms with van der Waals surface area (Å²) in [5, 5.41) is 11.0. The van der Waals surface area contributed by atoms with Crippen LogP contribution in [0.3, 0.4) is 0 Å². The zero-order chi connectivity index (χ0) is 19.8. The minimum Gasteiger partial charge on any atom is -0.468 e. The van der Waals surface area contributed by atoms with Gasteiger partial charge in [0, 0.05) is 25.6 Å². The van der Waals surface area contributed by atoms with E-state index >= 15 is 0 Å². The predicted molar refractivity (Wildman–Crippen MR) is 126 cm³/mol. The highest BCUT2D eigenvalue weighted by atomic mass is 127. The van der Waals surface area contributed by atoms with Crippen LogP contribution >= 0.6 is 24.0 Å². The van der Waals surface area contributed by atoms with Crippen LogP contribution in [-0.2, 0) is 6.54 Å². The highest BCUT2D eigenvalue weighted by molar-refractivity contribution is 14.0. The normalized spacial score (nSPS) is 16.1. The summed E-state index contributed by atoms with van der Waals surface area (Å²) in [6.45, 7) is 7.88. The molecule has 1 aliphatic rings. The number of furan rings is 1. The monoisotopic (exact) mass is 515 g/mol. The minimum absolute atomic E-state index is 0. The SMILES string of the molecule is CCC(CC)c1cc(CNC(=NC)NCC(c2ccco2)N2CCCC2)on1.I. The van der Waals surface area contributed by atoms with Gasteiger partial charge in [-0.1, -0.05) is 19.0 Å². The molecule has 2 N–H and O–H groups in total. The van der Waals surface area contributed by atoms with E-state index in [2.05, 4.69) is 45.6 Å². The fourth-order valence-electron chi connectivity index (χ4n) is 3.84. The molecule has 0 spiro atoms. The average Bonchev–Trinajstić information content (AvgIpc) is 3.49. The van der Waals surface area contributed by atoms with Crippen LogP contribution in [0.2, 0.25) is 0 Å². The quantitative estimate of drug-likeness (QED) is 0.295. The van der Waals surface area contributed by atoms with Crippen molar-refractivity contribution in [1.82, 2.24) is 20.7 Å². The standard InChI is InChI=1S/C21H33N5O2.HI/c1-4-16(5-2)18-13-17(28-25-18)14-23-21(22-3)24-15-19(20-9-8-12-27-20)26-10-6-7-11-26;/h8-9,12-13,16,19H,4-7,10-11,14-15H2,1-3H3,(H2,22,23,24);1H. The topological polar surface area (TPSA) is 78.8 Å². The molecular weight excluding hydrogens is 481 g/mol. The molecule has 0 amide bonds. The Labute approximate surface area is 190 Å². The van der Waals surface area contributed by atoms with Gasteiger partial charge in [0.15, 0.2) is 11.7 Å². The Kier molecular flexibility index (Phi) is 9.99. The summed E-state index contributed by atoms with van der Waals surface area (Å²) in [5.74, 6) is 3.03. The molecule has 1 unspecified atom stereocenters. The van der Waals surface area contributed by atoms with Crippen LogP contribution in [0.5, 0.6) is 0 Å². The van der Waals surface area contributed by atoms with Crippen molar-refractivity contribution in [3.05, 3.63) is 41.7 Å². The maximum atomic E-state index is 5.68. The number of hydrogen-bond acceptors (Lipinski definition) is 5. The van der Waals surface area contributed by atoms with E-state index < -0.39 is 0 Å². The van der Waals surface area contributed by atoms with E-state index in [1.165, 1.54) is 12.8 Å². The van der Waals surface area contributed by atoms with Gasteiger partial charge in [0.05, 0.1) is 24.5 Å². The van der Waals surface area contributed by atoms with Crippen molar-refractivity contribution >= 4 is 29.9 Å². The molecule has 0 radical (unpaired) electrons. The Bertz CT molecular complexity index is 721. The van der Waals surface area contributed by atoms with Crippen LogP contribution in [-0.4, -0.2) is 42.7 Å². The Balaban J connectivity index is 0.00000300. The summed E-state index contributed by atoms with van der Waals surface area (Å²) in [4.78, 5) is 6.81. The van der Waals surface area contributed by atoms with Crippen molar-refractivity contribution in [3.63, 3.8) is 0 Å². The third kappa shape index (κ3) is 6.47. The van der Waals surface area contributed by atoms with Crippen molar-refractivity contribution in [2.45, 2.75) is 58.0 Å². The zero-order valence-electron chi connectivity index (χ0n) is 17.7. The van der Waals surface area contributed by atoms with Crippen LogP contribution in [0, 0.1) is 0 Å². The van der Waals surface area contributed by atoms with Gasteiger partial charge in [0.2, 0.25) is 0 Å². The summed E-state index contributed by atoms with van der Waals surface area (Å²) in [5.41, 5.74) is 1.04. The van der Waals surface area contributed by atoms with Crippen LogP contribution in [0.25, 0.3) is 0 Å². The lowest BCUT2D eigenvalue weighted by Gasteiger charge is -2.26. The highest BCUT2D eigenvalue weighted by Gasteiger charge is 2.25. The molecule has 0 aromatic carbocycles. The molecule has 2 aromatic rings. The molecule has 1 aliphatic heterocycles. The van der Waals surface area contributed by atoms with Crippen LogP contribution in [0.4, 0.5) is 0 Å². The average molecular weight is 515 g/mol. The summed E-state index contributed by atoms with van der Waals surface area (Å²) in [6, 6.07) is 6.26. The number of aromatic nitrogens is 1. The van der Waals surface area contributed by atoms with Crippen molar-refractivity contribution in [2.75, 3.05) is 26.7 Å². The van der Waals surface area contributed by atoms with Gasteiger partial charge in [-0.05, 0) is 50.9 Å². The molecule has 29 heavy (non-hydrogen) atoms. The lowest BCUT2D eigenvalue weighted by molar-refractivity contribution is 0.215. The number of hydrogen-bond donors (Lipinski definition) is 2. The number of guanidine groups is 1. The molecule has 2 aromatic heterocycles. The Morgan fingerprint density at radius 1 is 1.24 bits per heavy atom. The van der Waals surface area contributed by atoms with E-state index in [0.717, 1.165) is 55.6 Å². The van der Waals surface area contributed by atoms with Crippen LogP contribution < -0.4 is 10.6 Å². The minimum atomic E-state index is 0. The Morgan fingerprint density at radius 3 is 2.62 bits per heavy atom. The number of rotatable bonds is 9. The number of nitrogens with one attached hydrogen (secondary N) is 2. The molecule has 0 bridgehead atoms. The molecule has 3 heterocycles. The second-order valence-corrected chi connectivity index (χ2v) is 7.31. The second kappa shape index (κ2) is 12.2. The predicted octanol–water partition coefficient (Wildman–Crippen LogP) is 4.29. The van der Waals surface area contributed by atoms with Gasteiger partial charge in [-0.2, -0.15) is 0 Å². The first-order valence-electron chi connectivity index (χ1n) is 10.4. The molecule has 1 fully saturated rings. The first-order chi connectivity index (χ1) is 13.7. The first kappa shape index (κ1) is 23.7. The van der Waals surface area contributed by atoms with Gasteiger partial charge in [0.1, 0.15) is 5.76 Å². The molecule has 3 rings (SSSR count). The van der Waals surface area contributed by atoms with E-state index in [1.807, 2.05) is 12.1 Å². The number of nitrogens with zero attached hydrogens (tertiary/aromatic N) is 3. The maximum absolute atomic E-state index is 5.68. The molecule has 1 saturated heterocycles. The smallest absolute Gasteiger partial charge is 0.191 e. The van der Waals surface area contributed by atoms with Gasteiger partial charge in [-0.3, -0.25) is 9.89 Å². The molecule has 8 heteroatoms. The zero-order valence-corrected chi connectivity index (χ0v) is 20.0. The first-order valence-corrected chi connectivity index (χ1v) is 10.4. The van der Waals surface area contributed by atoms with E-state index in [4.69, 9.17) is 8.94 Å². The van der Waals surface area contributed by atoms with E-state index in [0.29, 0.717) is 12.5 Å². The highest BCUT2D eigenvalue weighted by Crippen LogP contribution is 2.25. The lowest BCUT2D eigenvalue weighted by atomic mass is 9.99. The molecule has 7 nitrogen and oxygen atoms in total. The molecular formula is C21H34IN5O2. The van der Waals surface area contributed by atoms with Crippen molar-refractivity contribution < 1.29 is 8.94 Å². The third-order valence-electron chi connectivity index (χ3n) is 5.55. The van der Waals surface area contributed by atoms with Gasteiger partial charge >= 0.3 is 0 Å². The number of aliphatic imine (C=N–C) groups is 1. The van der Waals surface area contributed by atoms with E-state index in [1.54, 1.807) is 13.3 Å². The number of halogens is 1. The third-order valence-corrected chi connectivity index (χ3v) is 5.55. The Hall–Kier alpha value is -1.55. The number of likely N-dealkylation sites (tertiary alicyclic amines) is 1. The summed E-state index contributed by atoms with van der Waals surface area (Å²) >= 11 is 0. The van der Waals surface area contributed by atoms with Gasteiger partial charge in [0.25, 0.3) is 0 Å².